The summed E-state index contributed by atoms with van der Waals surface area (Å²) in [5, 5.41) is 0. The lowest BCUT2D eigenvalue weighted by atomic mass is 10.1. The lowest BCUT2D eigenvalue weighted by Gasteiger charge is -2.06. The van der Waals surface area contributed by atoms with E-state index < -0.39 is 0 Å². The molecule has 4 heteroatoms. The second kappa shape index (κ2) is 4.40. The van der Waals surface area contributed by atoms with Crippen molar-refractivity contribution in [2.75, 3.05) is 7.11 Å². The fourth-order valence-corrected chi connectivity index (χ4v) is 1.55. The molecule has 2 rings (SSSR count). The molecular weight excluding hydrogens is 256 g/mol. The van der Waals surface area contributed by atoms with Crippen LogP contribution < -0.4 is 4.74 Å². The first kappa shape index (κ1) is 10.1. The van der Waals surface area contributed by atoms with E-state index in [4.69, 9.17) is 4.74 Å². The Labute approximate surface area is 96.3 Å². The van der Waals surface area contributed by atoms with Crippen LogP contribution >= 0.6 is 15.9 Å². The highest BCUT2D eigenvalue weighted by molar-refractivity contribution is 9.10. The second-order valence-electron chi connectivity index (χ2n) is 2.92. The lowest BCUT2D eigenvalue weighted by Crippen LogP contribution is -1.94. The Hall–Kier alpha value is -1.42. The predicted octanol–water partition coefficient (Wildman–Crippen LogP) is 2.91. The van der Waals surface area contributed by atoms with Crippen LogP contribution in [0.5, 0.6) is 5.88 Å². The third kappa shape index (κ3) is 2.15. The van der Waals surface area contributed by atoms with Crippen LogP contribution in [0.3, 0.4) is 0 Å². The normalized spacial score (nSPS) is 10.0. The molecular formula is C11H9BrN2O. The van der Waals surface area contributed by atoms with Crippen molar-refractivity contribution in [2.45, 2.75) is 0 Å². The van der Waals surface area contributed by atoms with Gasteiger partial charge in [0.25, 0.3) is 0 Å². The van der Waals surface area contributed by atoms with E-state index in [9.17, 15) is 0 Å². The van der Waals surface area contributed by atoms with Crippen LogP contribution in [0.15, 0.2) is 41.1 Å². The minimum absolute atomic E-state index is 0.524. The van der Waals surface area contributed by atoms with Gasteiger partial charge in [0.15, 0.2) is 0 Å². The number of ether oxygens (including phenoxy) is 1. The van der Waals surface area contributed by atoms with Crippen LogP contribution in [-0.2, 0) is 0 Å². The zero-order valence-corrected chi connectivity index (χ0v) is 9.73. The van der Waals surface area contributed by atoms with Crippen LogP contribution in [0, 0.1) is 0 Å². The van der Waals surface area contributed by atoms with Gasteiger partial charge in [-0.25, -0.2) is 9.97 Å². The molecule has 1 aromatic carbocycles. The molecule has 0 bridgehead atoms. The van der Waals surface area contributed by atoms with Crippen molar-refractivity contribution in [1.82, 2.24) is 9.97 Å². The number of rotatable bonds is 2. The van der Waals surface area contributed by atoms with Gasteiger partial charge < -0.3 is 4.74 Å². The fourth-order valence-electron chi connectivity index (χ4n) is 1.29. The quantitative estimate of drug-likeness (QED) is 0.837. The fraction of sp³-hybridized carbons (Fsp3) is 0.0909. The molecule has 0 amide bonds. The second-order valence-corrected chi connectivity index (χ2v) is 3.73. The highest BCUT2D eigenvalue weighted by atomic mass is 79.9. The molecule has 0 radical (unpaired) electrons. The third-order valence-corrected chi connectivity index (χ3v) is 2.33. The molecule has 0 atom stereocenters. The topological polar surface area (TPSA) is 35.0 Å². The average Bonchev–Trinajstić information content (AvgIpc) is 2.30. The molecule has 0 saturated heterocycles. The van der Waals surface area contributed by atoms with E-state index in [0.717, 1.165) is 11.3 Å². The van der Waals surface area contributed by atoms with E-state index in [1.54, 1.807) is 13.3 Å². The highest BCUT2D eigenvalue weighted by Gasteiger charge is 2.08. The molecule has 0 aliphatic heterocycles. The zero-order chi connectivity index (χ0) is 10.7. The summed E-state index contributed by atoms with van der Waals surface area (Å²) in [5.41, 5.74) is 1.75. The highest BCUT2D eigenvalue weighted by Crippen LogP contribution is 2.26. The summed E-state index contributed by atoms with van der Waals surface area (Å²) in [6.45, 7) is 0. The molecule has 2 aromatic rings. The van der Waals surface area contributed by atoms with Gasteiger partial charge in [-0.1, -0.05) is 30.3 Å². The van der Waals surface area contributed by atoms with Gasteiger partial charge in [-0.05, 0) is 15.9 Å². The van der Waals surface area contributed by atoms with E-state index in [2.05, 4.69) is 25.9 Å². The summed E-state index contributed by atoms with van der Waals surface area (Å²) >= 11 is 3.26. The Kier molecular flexibility index (Phi) is 2.97. The van der Waals surface area contributed by atoms with Gasteiger partial charge >= 0.3 is 0 Å². The van der Waals surface area contributed by atoms with Crippen molar-refractivity contribution in [2.24, 2.45) is 0 Å². The molecule has 1 aromatic heterocycles. The number of hydrogen-bond acceptors (Lipinski definition) is 3. The van der Waals surface area contributed by atoms with Crippen LogP contribution in [0.1, 0.15) is 0 Å². The molecule has 0 fully saturated rings. The van der Waals surface area contributed by atoms with Crippen LogP contribution in [0.25, 0.3) is 11.3 Å². The van der Waals surface area contributed by atoms with E-state index in [1.165, 1.54) is 0 Å². The van der Waals surface area contributed by atoms with E-state index in [-0.39, 0.29) is 0 Å². The van der Waals surface area contributed by atoms with Gasteiger partial charge in [-0.2, -0.15) is 0 Å². The van der Waals surface area contributed by atoms with E-state index >= 15 is 0 Å². The number of methoxy groups -OCH3 is 1. The smallest absolute Gasteiger partial charge is 0.241 e. The summed E-state index contributed by atoms with van der Waals surface area (Å²) in [6.07, 6.45) is 1.66. The van der Waals surface area contributed by atoms with Crippen LogP contribution in [0.2, 0.25) is 0 Å². The number of hydrogen-bond donors (Lipinski definition) is 0. The summed E-state index contributed by atoms with van der Waals surface area (Å²) < 4.78 is 5.84. The van der Waals surface area contributed by atoms with Gasteiger partial charge in [-0.15, -0.1) is 0 Å². The molecule has 0 unspecified atom stereocenters. The number of aromatic nitrogens is 2. The molecule has 0 aliphatic rings. The zero-order valence-electron chi connectivity index (χ0n) is 8.14. The maximum Gasteiger partial charge on any atom is 0.241 e. The largest absolute Gasteiger partial charge is 0.479 e. The standard InChI is InChI=1S/C11H9BrN2O/c1-15-11-10(13-7-9(12)14-11)8-5-3-2-4-6-8/h2-7H,1H3. The first-order chi connectivity index (χ1) is 7.31. The van der Waals surface area contributed by atoms with Gasteiger partial charge in [-0.3, -0.25) is 0 Å². The molecule has 0 N–H and O–H groups in total. The van der Waals surface area contributed by atoms with Crippen molar-refractivity contribution < 1.29 is 4.74 Å². The third-order valence-electron chi connectivity index (χ3n) is 1.95. The van der Waals surface area contributed by atoms with Crippen molar-refractivity contribution in [3.8, 4) is 17.1 Å². The summed E-state index contributed by atoms with van der Waals surface area (Å²) in [4.78, 5) is 8.48. The SMILES string of the molecule is COc1nc(Br)cnc1-c1ccccc1. The van der Waals surface area contributed by atoms with Gasteiger partial charge in [0.2, 0.25) is 5.88 Å². The molecule has 0 saturated carbocycles. The first-order valence-electron chi connectivity index (χ1n) is 4.43. The Morgan fingerprint density at radius 3 is 2.60 bits per heavy atom. The molecule has 0 aliphatic carbocycles. The molecule has 15 heavy (non-hydrogen) atoms. The Balaban J connectivity index is 2.53. The maximum absolute atomic E-state index is 5.18. The molecule has 3 nitrogen and oxygen atoms in total. The summed E-state index contributed by atoms with van der Waals surface area (Å²) in [5.74, 6) is 0.524. The lowest BCUT2D eigenvalue weighted by molar-refractivity contribution is 0.397. The van der Waals surface area contributed by atoms with E-state index in [0.29, 0.717) is 10.5 Å². The monoisotopic (exact) mass is 264 g/mol. The Bertz CT molecular complexity index is 459. The predicted molar refractivity (Wildman–Crippen MR) is 61.7 cm³/mol. The minimum atomic E-state index is 0.524. The van der Waals surface area contributed by atoms with Crippen molar-refractivity contribution in [1.29, 1.82) is 0 Å². The van der Waals surface area contributed by atoms with Crippen molar-refractivity contribution in [3.63, 3.8) is 0 Å². The molecule has 76 valence electrons. The van der Waals surface area contributed by atoms with Crippen molar-refractivity contribution >= 4 is 15.9 Å². The van der Waals surface area contributed by atoms with Gasteiger partial charge in [0, 0.05) is 5.56 Å². The Morgan fingerprint density at radius 1 is 1.20 bits per heavy atom. The number of benzene rings is 1. The van der Waals surface area contributed by atoms with Crippen LogP contribution in [0.4, 0.5) is 0 Å². The van der Waals surface area contributed by atoms with Gasteiger partial charge in [0.1, 0.15) is 10.3 Å². The summed E-state index contributed by atoms with van der Waals surface area (Å²) in [6, 6.07) is 9.82. The average molecular weight is 265 g/mol. The maximum atomic E-state index is 5.18. The van der Waals surface area contributed by atoms with E-state index in [1.807, 2.05) is 30.3 Å². The minimum Gasteiger partial charge on any atom is -0.479 e. The van der Waals surface area contributed by atoms with Gasteiger partial charge in [0.05, 0.1) is 13.3 Å². The number of halogens is 1. The van der Waals surface area contributed by atoms with Crippen LogP contribution in [-0.4, -0.2) is 17.1 Å². The number of nitrogens with zero attached hydrogens (tertiary/aromatic N) is 2. The first-order valence-corrected chi connectivity index (χ1v) is 5.22. The molecule has 1 heterocycles. The molecule has 0 spiro atoms. The Morgan fingerprint density at radius 2 is 1.93 bits per heavy atom. The van der Waals surface area contributed by atoms with Crippen molar-refractivity contribution in [3.05, 3.63) is 41.1 Å². The summed E-state index contributed by atoms with van der Waals surface area (Å²) in [7, 11) is 1.59.